The van der Waals surface area contributed by atoms with Crippen molar-refractivity contribution < 1.29 is 4.79 Å². The number of aromatic nitrogens is 3. The molecule has 4 heterocycles. The normalized spacial score (nSPS) is 22.5. The number of anilines is 1. The highest BCUT2D eigenvalue weighted by molar-refractivity contribution is 7.22. The van der Waals surface area contributed by atoms with E-state index < -0.39 is 0 Å². The number of thiazole rings is 1. The van der Waals surface area contributed by atoms with Gasteiger partial charge in [0.15, 0.2) is 10.8 Å². The van der Waals surface area contributed by atoms with Crippen molar-refractivity contribution in [2.45, 2.75) is 32.6 Å². The van der Waals surface area contributed by atoms with E-state index in [1.807, 2.05) is 18.7 Å². The lowest BCUT2D eigenvalue weighted by Crippen LogP contribution is -2.41. The van der Waals surface area contributed by atoms with Crippen LogP contribution in [0.5, 0.6) is 0 Å². The molecule has 0 radical (unpaired) electrons. The molecule has 2 aromatic heterocycles. The van der Waals surface area contributed by atoms with Crippen LogP contribution in [-0.4, -0.2) is 51.8 Å². The van der Waals surface area contributed by atoms with Gasteiger partial charge in [0, 0.05) is 39.6 Å². The topological polar surface area (TPSA) is 54.3 Å². The van der Waals surface area contributed by atoms with Gasteiger partial charge in [-0.1, -0.05) is 11.3 Å². The van der Waals surface area contributed by atoms with Crippen LogP contribution >= 0.6 is 11.3 Å². The van der Waals surface area contributed by atoms with Crippen LogP contribution in [0.1, 0.15) is 31.4 Å². The summed E-state index contributed by atoms with van der Waals surface area (Å²) in [5.41, 5.74) is 2.04. The smallest absolute Gasteiger partial charge is 0.222 e. The summed E-state index contributed by atoms with van der Waals surface area (Å²) in [7, 11) is 1.96. The quantitative estimate of drug-likeness (QED) is 0.864. The molecule has 4 rings (SSSR count). The van der Waals surface area contributed by atoms with Gasteiger partial charge in [0.05, 0.1) is 10.4 Å². The van der Waals surface area contributed by atoms with Crippen LogP contribution in [0.4, 0.5) is 5.13 Å². The molecule has 0 aliphatic carbocycles. The molecular weight excluding hydrogens is 310 g/mol. The lowest BCUT2D eigenvalue weighted by atomic mass is 9.98. The summed E-state index contributed by atoms with van der Waals surface area (Å²) in [5, 5.41) is 5.54. The van der Waals surface area contributed by atoms with Gasteiger partial charge in [0.25, 0.3) is 0 Å². The first-order valence-electron chi connectivity index (χ1n) is 8.44. The number of aryl methyl sites for hydroxylation is 2. The second-order valence-corrected chi connectivity index (χ2v) is 7.73. The highest BCUT2D eigenvalue weighted by Crippen LogP contribution is 2.33. The first-order valence-corrected chi connectivity index (χ1v) is 9.26. The Hall–Kier alpha value is -1.63. The van der Waals surface area contributed by atoms with E-state index in [9.17, 15) is 4.79 Å². The number of carbonyl (C=O) groups excluding carboxylic acids is 1. The Morgan fingerprint density at radius 1 is 1.30 bits per heavy atom. The second kappa shape index (κ2) is 5.78. The fourth-order valence-corrected chi connectivity index (χ4v) is 4.87. The van der Waals surface area contributed by atoms with Gasteiger partial charge in [-0.2, -0.15) is 5.10 Å². The van der Waals surface area contributed by atoms with Crippen LogP contribution in [0, 0.1) is 12.8 Å². The third-order valence-electron chi connectivity index (χ3n) is 4.97. The first kappa shape index (κ1) is 14.9. The largest absolute Gasteiger partial charge is 0.348 e. The Kier molecular flexibility index (Phi) is 3.75. The molecule has 0 spiro atoms. The van der Waals surface area contributed by atoms with E-state index in [4.69, 9.17) is 4.98 Å². The van der Waals surface area contributed by atoms with Crippen molar-refractivity contribution in [1.29, 1.82) is 0 Å². The van der Waals surface area contributed by atoms with Crippen molar-refractivity contribution >= 4 is 32.7 Å². The van der Waals surface area contributed by atoms with E-state index in [2.05, 4.69) is 14.9 Å². The Bertz CT molecular complexity index is 702. The minimum atomic E-state index is 0.337. The predicted molar refractivity (Wildman–Crippen MR) is 91.9 cm³/mol. The molecule has 2 aromatic rings. The Labute approximate surface area is 140 Å². The van der Waals surface area contributed by atoms with Crippen LogP contribution in [-0.2, 0) is 11.8 Å². The van der Waals surface area contributed by atoms with Gasteiger partial charge >= 0.3 is 0 Å². The number of amides is 1. The number of hydrogen-bond donors (Lipinski definition) is 0. The van der Waals surface area contributed by atoms with E-state index in [0.717, 1.165) is 55.5 Å². The highest BCUT2D eigenvalue weighted by Gasteiger charge is 2.28. The van der Waals surface area contributed by atoms with Crippen molar-refractivity contribution in [3.8, 4) is 0 Å². The Morgan fingerprint density at radius 2 is 2.17 bits per heavy atom. The molecule has 0 saturated carbocycles. The minimum absolute atomic E-state index is 0.337. The summed E-state index contributed by atoms with van der Waals surface area (Å²) in [5.74, 6) is 0.904. The third-order valence-corrected chi connectivity index (χ3v) is 6.19. The molecule has 2 saturated heterocycles. The lowest BCUT2D eigenvalue weighted by Gasteiger charge is -2.34. The molecule has 6 nitrogen and oxygen atoms in total. The maximum Gasteiger partial charge on any atom is 0.222 e. The Balaban J connectivity index is 1.49. The highest BCUT2D eigenvalue weighted by atomic mass is 32.1. The molecule has 2 fully saturated rings. The summed E-state index contributed by atoms with van der Waals surface area (Å²) in [6.45, 7) is 5.98. The molecule has 0 unspecified atom stereocenters. The average Bonchev–Trinajstić information content (AvgIpc) is 3.20. The fraction of sp³-hybridized carbons (Fsp3) is 0.688. The van der Waals surface area contributed by atoms with Gasteiger partial charge in [-0.25, -0.2) is 9.67 Å². The molecule has 124 valence electrons. The van der Waals surface area contributed by atoms with Crippen molar-refractivity contribution in [3.05, 3.63) is 5.69 Å². The summed E-state index contributed by atoms with van der Waals surface area (Å²) >= 11 is 1.75. The zero-order valence-corrected chi connectivity index (χ0v) is 14.6. The zero-order valence-electron chi connectivity index (χ0n) is 13.8. The number of rotatable bonds is 3. The molecule has 0 bridgehead atoms. The monoisotopic (exact) mass is 333 g/mol. The lowest BCUT2D eigenvalue weighted by molar-refractivity contribution is -0.128. The summed E-state index contributed by atoms with van der Waals surface area (Å²) in [6.07, 6.45) is 4.16. The summed E-state index contributed by atoms with van der Waals surface area (Å²) < 4.78 is 3.06. The first-order chi connectivity index (χ1) is 11.1. The van der Waals surface area contributed by atoms with Crippen molar-refractivity contribution in [2.24, 2.45) is 13.0 Å². The van der Waals surface area contributed by atoms with Crippen molar-refractivity contribution in [1.82, 2.24) is 19.7 Å². The van der Waals surface area contributed by atoms with Crippen molar-refractivity contribution in [3.63, 3.8) is 0 Å². The van der Waals surface area contributed by atoms with Crippen LogP contribution < -0.4 is 4.90 Å². The summed E-state index contributed by atoms with van der Waals surface area (Å²) in [4.78, 5) is 21.1. The molecule has 0 N–H and O–H groups in total. The number of nitrogens with zero attached hydrogens (tertiary/aromatic N) is 5. The van der Waals surface area contributed by atoms with Gasteiger partial charge in [0.2, 0.25) is 5.91 Å². The zero-order chi connectivity index (χ0) is 16.0. The molecule has 0 aromatic carbocycles. The maximum atomic E-state index is 11.8. The van der Waals surface area contributed by atoms with Crippen LogP contribution in [0.3, 0.4) is 0 Å². The maximum absolute atomic E-state index is 11.8. The number of carbonyl (C=O) groups is 1. The van der Waals surface area contributed by atoms with Crippen LogP contribution in [0.2, 0.25) is 0 Å². The Morgan fingerprint density at radius 3 is 2.91 bits per heavy atom. The van der Waals surface area contributed by atoms with E-state index in [1.165, 1.54) is 17.5 Å². The second-order valence-electron chi connectivity index (χ2n) is 6.76. The van der Waals surface area contributed by atoms with Crippen LogP contribution in [0.15, 0.2) is 0 Å². The molecular formula is C16H23N5OS. The van der Waals surface area contributed by atoms with E-state index in [-0.39, 0.29) is 0 Å². The van der Waals surface area contributed by atoms with E-state index in [1.54, 1.807) is 11.3 Å². The van der Waals surface area contributed by atoms with Crippen LogP contribution in [0.25, 0.3) is 10.3 Å². The number of fused-ring (bicyclic) bond motifs is 1. The SMILES string of the molecule is Cc1nn(C)c2nc(N3CCC[C@@H](CN4CCCC4=O)C3)sc12. The molecule has 2 aliphatic heterocycles. The van der Waals surface area contributed by atoms with Gasteiger partial charge < -0.3 is 9.80 Å². The number of piperidine rings is 1. The minimum Gasteiger partial charge on any atom is -0.348 e. The number of likely N-dealkylation sites (tertiary alicyclic amines) is 1. The average molecular weight is 333 g/mol. The van der Waals surface area contributed by atoms with Gasteiger partial charge in [-0.05, 0) is 32.1 Å². The van der Waals surface area contributed by atoms with Crippen molar-refractivity contribution in [2.75, 3.05) is 31.1 Å². The number of hydrogen-bond acceptors (Lipinski definition) is 5. The van der Waals surface area contributed by atoms with E-state index >= 15 is 0 Å². The molecule has 1 atom stereocenters. The van der Waals surface area contributed by atoms with E-state index in [0.29, 0.717) is 11.8 Å². The van der Waals surface area contributed by atoms with Gasteiger partial charge in [0.1, 0.15) is 0 Å². The molecule has 23 heavy (non-hydrogen) atoms. The summed E-state index contributed by atoms with van der Waals surface area (Å²) in [6, 6.07) is 0. The van der Waals surface area contributed by atoms with Gasteiger partial charge in [-0.15, -0.1) is 0 Å². The van der Waals surface area contributed by atoms with Gasteiger partial charge in [-0.3, -0.25) is 4.79 Å². The predicted octanol–water partition coefficient (Wildman–Crippen LogP) is 2.18. The molecule has 2 aliphatic rings. The molecule has 1 amide bonds. The third kappa shape index (κ3) is 2.71. The standard InChI is InChI=1S/C16H23N5OS/c1-11-14-15(19(2)18-11)17-16(23-14)21-8-3-5-12(10-21)9-20-7-4-6-13(20)22/h12H,3-10H2,1-2H3/t12-/m0/s1. The molecule has 7 heteroatoms. The fourth-order valence-electron chi connectivity index (χ4n) is 3.81.